The van der Waals surface area contributed by atoms with Crippen LogP contribution in [0, 0.1) is 0 Å². The first-order chi connectivity index (χ1) is 9.06. The average Bonchev–Trinajstić information content (AvgIpc) is 2.36. The van der Waals surface area contributed by atoms with Gasteiger partial charge in [0.15, 0.2) is 5.78 Å². The second-order valence-electron chi connectivity index (χ2n) is 4.69. The van der Waals surface area contributed by atoms with Crippen LogP contribution in [0.15, 0.2) is 35.2 Å². The van der Waals surface area contributed by atoms with Crippen molar-refractivity contribution in [2.75, 3.05) is 5.75 Å². The molecule has 1 aromatic rings. The number of halogens is 1. The Kier molecular flexibility index (Phi) is 4.83. The molecule has 0 N–H and O–H groups in total. The van der Waals surface area contributed by atoms with Crippen LogP contribution in [0.25, 0.3) is 0 Å². The molecule has 0 radical (unpaired) electrons. The van der Waals surface area contributed by atoms with Gasteiger partial charge in [-0.3, -0.25) is 9.59 Å². The number of hydrogen-bond donors (Lipinski definition) is 0. The van der Waals surface area contributed by atoms with Crippen LogP contribution in [0.5, 0.6) is 0 Å². The lowest BCUT2D eigenvalue weighted by Crippen LogP contribution is -2.12. The number of hydrogen-bond acceptors (Lipinski definition) is 3. The van der Waals surface area contributed by atoms with Gasteiger partial charge in [-0.15, -0.1) is 11.8 Å². The Morgan fingerprint density at radius 3 is 2.79 bits per heavy atom. The van der Waals surface area contributed by atoms with Crippen LogP contribution in [0.3, 0.4) is 0 Å². The van der Waals surface area contributed by atoms with Gasteiger partial charge in [0.05, 0.1) is 5.75 Å². The van der Waals surface area contributed by atoms with Gasteiger partial charge in [0, 0.05) is 11.4 Å². The van der Waals surface area contributed by atoms with Gasteiger partial charge in [0.1, 0.15) is 5.78 Å². The number of thioether (sulfide) groups is 1. The van der Waals surface area contributed by atoms with Gasteiger partial charge < -0.3 is 0 Å². The van der Waals surface area contributed by atoms with Gasteiger partial charge in [-0.1, -0.05) is 29.8 Å². The molecule has 0 amide bonds. The number of benzene rings is 1. The number of carbonyl (C=O) groups excluding carboxylic acids is 2. The summed E-state index contributed by atoms with van der Waals surface area (Å²) in [5.74, 6) is 0.787. The third kappa shape index (κ3) is 3.95. The second-order valence-corrected chi connectivity index (χ2v) is 6.20. The first-order valence-corrected chi connectivity index (χ1v) is 7.52. The van der Waals surface area contributed by atoms with Crippen molar-refractivity contribution in [2.24, 2.45) is 0 Å². The molecule has 1 aromatic carbocycles. The molecule has 0 saturated heterocycles. The summed E-state index contributed by atoms with van der Waals surface area (Å²) in [7, 11) is 0. The SMILES string of the molecule is CC(=O)CSC1=CC(=O)CC(c2ccccc2Cl)C1. The van der Waals surface area contributed by atoms with Gasteiger partial charge in [0.25, 0.3) is 0 Å². The molecule has 0 heterocycles. The largest absolute Gasteiger partial charge is 0.299 e. The van der Waals surface area contributed by atoms with Crippen molar-refractivity contribution in [1.29, 1.82) is 0 Å². The lowest BCUT2D eigenvalue weighted by atomic mass is 9.87. The zero-order valence-corrected chi connectivity index (χ0v) is 12.3. The highest BCUT2D eigenvalue weighted by Crippen LogP contribution is 2.38. The second kappa shape index (κ2) is 6.40. The third-order valence-electron chi connectivity index (χ3n) is 3.02. The lowest BCUT2D eigenvalue weighted by molar-refractivity contribution is -0.116. The molecule has 1 atom stereocenters. The number of Topliss-reactive ketones (excluding diaryl/α,β-unsaturated/α-hetero) is 1. The van der Waals surface area contributed by atoms with Crippen molar-refractivity contribution < 1.29 is 9.59 Å². The summed E-state index contributed by atoms with van der Waals surface area (Å²) in [5.41, 5.74) is 1.02. The van der Waals surface area contributed by atoms with E-state index in [0.29, 0.717) is 17.2 Å². The topological polar surface area (TPSA) is 34.1 Å². The summed E-state index contributed by atoms with van der Waals surface area (Å²) >= 11 is 7.65. The van der Waals surface area contributed by atoms with Gasteiger partial charge in [-0.05, 0) is 41.9 Å². The summed E-state index contributed by atoms with van der Waals surface area (Å²) in [4.78, 5) is 23.8. The van der Waals surface area contributed by atoms with Crippen molar-refractivity contribution in [1.82, 2.24) is 0 Å². The highest BCUT2D eigenvalue weighted by molar-refractivity contribution is 8.03. The van der Waals surface area contributed by atoms with E-state index in [0.717, 1.165) is 16.9 Å². The summed E-state index contributed by atoms with van der Waals surface area (Å²) < 4.78 is 0. The molecule has 0 fully saturated rings. The van der Waals surface area contributed by atoms with Crippen LogP contribution in [0.2, 0.25) is 5.02 Å². The molecule has 2 nitrogen and oxygen atoms in total. The summed E-state index contributed by atoms with van der Waals surface area (Å²) in [6.07, 6.45) is 2.95. The van der Waals surface area contributed by atoms with E-state index in [4.69, 9.17) is 11.6 Å². The minimum atomic E-state index is 0.113. The molecule has 1 unspecified atom stereocenters. The number of carbonyl (C=O) groups is 2. The van der Waals surface area contributed by atoms with Crippen molar-refractivity contribution in [3.8, 4) is 0 Å². The van der Waals surface area contributed by atoms with E-state index in [9.17, 15) is 9.59 Å². The Morgan fingerprint density at radius 2 is 2.11 bits per heavy atom. The molecule has 0 bridgehead atoms. The molecular weight excluding hydrogens is 280 g/mol. The maximum absolute atomic E-state index is 11.8. The monoisotopic (exact) mass is 294 g/mol. The molecular formula is C15H15ClO2S. The molecule has 0 spiro atoms. The fourth-order valence-corrected chi connectivity index (χ4v) is 3.39. The summed E-state index contributed by atoms with van der Waals surface area (Å²) in [6.45, 7) is 1.56. The normalized spacial score (nSPS) is 19.2. The predicted molar refractivity (Wildman–Crippen MR) is 79.7 cm³/mol. The van der Waals surface area contributed by atoms with Gasteiger partial charge in [-0.2, -0.15) is 0 Å². The van der Waals surface area contributed by atoms with E-state index in [1.165, 1.54) is 11.8 Å². The maximum atomic E-state index is 11.8. The highest BCUT2D eigenvalue weighted by Gasteiger charge is 2.24. The maximum Gasteiger partial charge on any atom is 0.157 e. The quantitative estimate of drug-likeness (QED) is 0.842. The van der Waals surface area contributed by atoms with Crippen LogP contribution < -0.4 is 0 Å². The fourth-order valence-electron chi connectivity index (χ4n) is 2.18. The number of allylic oxidation sites excluding steroid dienone is 2. The van der Waals surface area contributed by atoms with E-state index in [1.807, 2.05) is 24.3 Å². The van der Waals surface area contributed by atoms with Crippen molar-refractivity contribution >= 4 is 34.9 Å². The van der Waals surface area contributed by atoms with Crippen LogP contribution in [0.1, 0.15) is 31.2 Å². The van der Waals surface area contributed by atoms with Crippen LogP contribution in [0.4, 0.5) is 0 Å². The van der Waals surface area contributed by atoms with Crippen molar-refractivity contribution in [3.05, 3.63) is 45.8 Å². The Balaban J connectivity index is 2.14. The number of rotatable bonds is 4. The Hall–Kier alpha value is -1.06. The van der Waals surface area contributed by atoms with E-state index in [1.54, 1.807) is 13.0 Å². The standard InChI is InChI=1S/C15H15ClO2S/c1-10(17)9-19-13-7-11(6-12(18)8-13)14-4-2-3-5-15(14)16/h2-5,8,11H,6-7,9H2,1H3. The number of ketones is 2. The molecule has 100 valence electrons. The lowest BCUT2D eigenvalue weighted by Gasteiger charge is -2.22. The van der Waals surface area contributed by atoms with Crippen LogP contribution in [-0.4, -0.2) is 17.3 Å². The minimum absolute atomic E-state index is 0.113. The third-order valence-corrected chi connectivity index (χ3v) is 4.57. The van der Waals surface area contributed by atoms with Gasteiger partial charge >= 0.3 is 0 Å². The van der Waals surface area contributed by atoms with Crippen molar-refractivity contribution in [2.45, 2.75) is 25.7 Å². The molecule has 1 aliphatic rings. The first-order valence-electron chi connectivity index (χ1n) is 6.16. The summed E-state index contributed by atoms with van der Waals surface area (Å²) in [5, 5.41) is 0.707. The molecule has 19 heavy (non-hydrogen) atoms. The van der Waals surface area contributed by atoms with E-state index in [2.05, 4.69) is 0 Å². The Labute approximate surface area is 122 Å². The van der Waals surface area contributed by atoms with Crippen LogP contribution in [-0.2, 0) is 9.59 Å². The smallest absolute Gasteiger partial charge is 0.157 e. The molecule has 0 aromatic heterocycles. The first kappa shape index (κ1) is 14.4. The minimum Gasteiger partial charge on any atom is -0.299 e. The molecule has 1 aliphatic carbocycles. The summed E-state index contributed by atoms with van der Waals surface area (Å²) in [6, 6.07) is 7.64. The molecule has 0 saturated carbocycles. The predicted octanol–water partition coefficient (Wildman–Crippen LogP) is 3.99. The average molecular weight is 295 g/mol. The molecule has 0 aliphatic heterocycles. The Bertz CT molecular complexity index is 537. The van der Waals surface area contributed by atoms with Crippen LogP contribution >= 0.6 is 23.4 Å². The van der Waals surface area contributed by atoms with Gasteiger partial charge in [0.2, 0.25) is 0 Å². The zero-order valence-electron chi connectivity index (χ0n) is 10.7. The molecule has 2 rings (SSSR count). The van der Waals surface area contributed by atoms with E-state index >= 15 is 0 Å². The fraction of sp³-hybridized carbons (Fsp3) is 0.333. The highest BCUT2D eigenvalue weighted by atomic mass is 35.5. The Morgan fingerprint density at radius 1 is 1.37 bits per heavy atom. The van der Waals surface area contributed by atoms with Gasteiger partial charge in [-0.25, -0.2) is 0 Å². The van der Waals surface area contributed by atoms with E-state index < -0.39 is 0 Å². The molecule has 4 heteroatoms. The zero-order chi connectivity index (χ0) is 13.8. The van der Waals surface area contributed by atoms with Crippen molar-refractivity contribution in [3.63, 3.8) is 0 Å². The van der Waals surface area contributed by atoms with E-state index in [-0.39, 0.29) is 17.5 Å².